The van der Waals surface area contributed by atoms with Crippen LogP contribution in [0, 0.1) is 18.7 Å². The number of rotatable bonds is 4. The first-order valence-corrected chi connectivity index (χ1v) is 15.0. The van der Waals surface area contributed by atoms with Crippen molar-refractivity contribution in [2.45, 2.75) is 63.6 Å². The van der Waals surface area contributed by atoms with Gasteiger partial charge in [-0.15, -0.1) is 0 Å². The number of benzene rings is 3. The van der Waals surface area contributed by atoms with Gasteiger partial charge in [0.2, 0.25) is 5.91 Å². The Balaban J connectivity index is 0.00000300. The summed E-state index contributed by atoms with van der Waals surface area (Å²) in [6, 6.07) is 13.8. The van der Waals surface area contributed by atoms with Gasteiger partial charge in [0, 0.05) is 47.2 Å². The van der Waals surface area contributed by atoms with Gasteiger partial charge in [0.15, 0.2) is 0 Å². The summed E-state index contributed by atoms with van der Waals surface area (Å²) in [4.78, 5) is 33.9. The lowest BCUT2D eigenvalue weighted by molar-refractivity contribution is -0.128. The Morgan fingerprint density at radius 1 is 1.16 bits per heavy atom. The predicted octanol–water partition coefficient (Wildman–Crippen LogP) is 7.34. The number of aryl methyl sites for hydroxylation is 2. The number of hydrogen-bond donors (Lipinski definition) is 2. The molecule has 1 amide bonds. The third-order valence-electron chi connectivity index (χ3n) is 9.91. The molecule has 1 aliphatic carbocycles. The Kier molecular flexibility index (Phi) is 6.44. The van der Waals surface area contributed by atoms with Crippen LogP contribution in [0.25, 0.3) is 11.0 Å². The van der Waals surface area contributed by atoms with Crippen LogP contribution in [0.3, 0.4) is 0 Å². The molecule has 0 unspecified atom stereocenters. The minimum atomic E-state index is -1.21. The van der Waals surface area contributed by atoms with Gasteiger partial charge in [-0.25, -0.2) is 14.2 Å². The number of nitrogens with zero attached hydrogens (tertiary/aromatic N) is 3. The Hall–Kier alpha value is -3.46. The first-order valence-electron chi connectivity index (χ1n) is 14.3. The number of carboxylic acids is 1. The molecule has 2 N–H and O–H groups in total. The highest BCUT2D eigenvalue weighted by Crippen LogP contribution is 2.64. The van der Waals surface area contributed by atoms with Crippen LogP contribution >= 0.6 is 23.2 Å². The smallest absolute Gasteiger partial charge is 0.336 e. The van der Waals surface area contributed by atoms with Crippen LogP contribution in [0.4, 0.5) is 10.1 Å². The summed E-state index contributed by atoms with van der Waals surface area (Å²) < 4.78 is 18.3. The highest BCUT2D eigenvalue weighted by atomic mass is 35.5. The highest BCUT2D eigenvalue weighted by Gasteiger charge is 2.69. The van der Waals surface area contributed by atoms with Crippen molar-refractivity contribution in [1.29, 1.82) is 0 Å². The normalized spacial score (nSPS) is 25.8. The fourth-order valence-electron chi connectivity index (χ4n) is 8.02. The molecule has 1 spiro atoms. The third-order valence-corrected chi connectivity index (χ3v) is 10.4. The number of carbonyl (C=O) groups is 2. The minimum absolute atomic E-state index is 0. The van der Waals surface area contributed by atoms with E-state index in [1.54, 1.807) is 37.3 Å². The van der Waals surface area contributed by atoms with Gasteiger partial charge in [-0.3, -0.25) is 9.69 Å². The van der Waals surface area contributed by atoms with E-state index in [0.29, 0.717) is 46.4 Å². The van der Waals surface area contributed by atoms with Gasteiger partial charge in [0.05, 0.1) is 21.6 Å². The molecule has 222 valence electrons. The summed E-state index contributed by atoms with van der Waals surface area (Å²) in [5, 5.41) is 13.4. The van der Waals surface area contributed by atoms with Crippen LogP contribution in [0.2, 0.25) is 10.0 Å². The van der Waals surface area contributed by atoms with Gasteiger partial charge in [-0.1, -0.05) is 48.8 Å². The molecular weight excluding hydrogens is 590 g/mol. The second-order valence-electron chi connectivity index (χ2n) is 12.0. The average molecular weight is 622 g/mol. The maximum atomic E-state index is 16.2. The van der Waals surface area contributed by atoms with Crippen LogP contribution in [-0.4, -0.2) is 44.0 Å². The number of amides is 1. The van der Waals surface area contributed by atoms with E-state index in [-0.39, 0.29) is 35.9 Å². The number of anilines is 1. The Labute approximate surface area is 258 Å². The van der Waals surface area contributed by atoms with E-state index in [2.05, 4.69) is 14.8 Å². The zero-order valence-electron chi connectivity index (χ0n) is 22.7. The van der Waals surface area contributed by atoms with Gasteiger partial charge in [0.25, 0.3) is 0 Å². The molecule has 1 saturated carbocycles. The molecule has 8 rings (SSSR count). The van der Waals surface area contributed by atoms with Crippen molar-refractivity contribution in [3.8, 4) is 0 Å². The molecule has 4 heterocycles. The SMILES string of the molecule is C.Cc1c(C(=O)O)ccc2c1nc1n2CC[C@H]2[C@@H]1[C@H](c1cccc(Cl)c1F)[C@]1(C(=O)Nc3cc(Cl)ccc31)N2CC1CC1. The summed E-state index contributed by atoms with van der Waals surface area (Å²) in [6.07, 6.45) is 2.90. The molecule has 3 aliphatic heterocycles. The second kappa shape index (κ2) is 9.78. The third kappa shape index (κ3) is 3.79. The molecule has 7 nitrogen and oxygen atoms in total. The number of nitrogens with one attached hydrogen (secondary N) is 1. The van der Waals surface area contributed by atoms with E-state index in [1.165, 1.54) is 6.07 Å². The van der Waals surface area contributed by atoms with Crippen molar-refractivity contribution in [2.75, 3.05) is 11.9 Å². The first-order chi connectivity index (χ1) is 20.2. The maximum Gasteiger partial charge on any atom is 0.336 e. The van der Waals surface area contributed by atoms with Gasteiger partial charge < -0.3 is 15.0 Å². The molecule has 0 radical (unpaired) electrons. The van der Waals surface area contributed by atoms with E-state index in [9.17, 15) is 14.7 Å². The van der Waals surface area contributed by atoms with Crippen molar-refractivity contribution in [3.63, 3.8) is 0 Å². The van der Waals surface area contributed by atoms with Crippen LogP contribution in [0.15, 0.2) is 48.5 Å². The molecule has 4 atom stereocenters. The van der Waals surface area contributed by atoms with E-state index < -0.39 is 23.2 Å². The van der Waals surface area contributed by atoms with Gasteiger partial charge in [0.1, 0.15) is 17.2 Å². The maximum absolute atomic E-state index is 16.2. The van der Waals surface area contributed by atoms with Crippen LogP contribution in [-0.2, 0) is 16.9 Å². The highest BCUT2D eigenvalue weighted by molar-refractivity contribution is 6.31. The predicted molar refractivity (Wildman–Crippen MR) is 165 cm³/mol. The molecular formula is C33H31Cl2FN4O3. The monoisotopic (exact) mass is 620 g/mol. The molecule has 10 heteroatoms. The summed E-state index contributed by atoms with van der Waals surface area (Å²) in [5.41, 5.74) is 2.83. The fourth-order valence-corrected chi connectivity index (χ4v) is 8.38. The molecule has 1 saturated heterocycles. The number of aromatic nitrogens is 2. The second-order valence-corrected chi connectivity index (χ2v) is 12.9. The lowest BCUT2D eigenvalue weighted by Crippen LogP contribution is -2.53. The van der Waals surface area contributed by atoms with Crippen molar-refractivity contribution in [1.82, 2.24) is 14.5 Å². The zero-order chi connectivity index (χ0) is 29.1. The van der Waals surface area contributed by atoms with Crippen LogP contribution < -0.4 is 5.32 Å². The topological polar surface area (TPSA) is 87.5 Å². The molecule has 43 heavy (non-hydrogen) atoms. The molecule has 4 aliphatic rings. The fraction of sp³-hybridized carbons (Fsp3) is 0.364. The molecule has 4 aromatic rings. The minimum Gasteiger partial charge on any atom is -0.478 e. The zero-order valence-corrected chi connectivity index (χ0v) is 24.2. The lowest BCUT2D eigenvalue weighted by atomic mass is 9.70. The summed E-state index contributed by atoms with van der Waals surface area (Å²) in [7, 11) is 0. The average Bonchev–Trinajstić information content (AvgIpc) is 3.53. The number of aromatic carboxylic acids is 1. The van der Waals surface area contributed by atoms with Crippen molar-refractivity contribution >= 4 is 51.8 Å². The van der Waals surface area contributed by atoms with Crippen molar-refractivity contribution in [2.24, 2.45) is 5.92 Å². The number of fused-ring (bicyclic) bond motifs is 7. The molecule has 3 aromatic carbocycles. The van der Waals surface area contributed by atoms with Gasteiger partial charge in [-0.05, 0) is 73.6 Å². The van der Waals surface area contributed by atoms with E-state index >= 15 is 4.39 Å². The van der Waals surface area contributed by atoms with Crippen LogP contribution in [0.1, 0.15) is 71.4 Å². The molecule has 2 fully saturated rings. The largest absolute Gasteiger partial charge is 0.478 e. The lowest BCUT2D eigenvalue weighted by Gasteiger charge is -2.40. The first kappa shape index (κ1) is 28.3. The quantitative estimate of drug-likeness (QED) is 0.249. The van der Waals surface area contributed by atoms with E-state index in [0.717, 1.165) is 36.2 Å². The summed E-state index contributed by atoms with van der Waals surface area (Å²) in [6.45, 7) is 3.13. The van der Waals surface area contributed by atoms with Crippen molar-refractivity contribution in [3.05, 3.63) is 92.5 Å². The number of halogens is 3. The molecule has 1 aromatic heterocycles. The number of carbonyl (C=O) groups excluding carboxylic acids is 1. The Morgan fingerprint density at radius 3 is 2.70 bits per heavy atom. The number of hydrogen-bond acceptors (Lipinski definition) is 4. The van der Waals surface area contributed by atoms with Crippen LogP contribution in [0.5, 0.6) is 0 Å². The summed E-state index contributed by atoms with van der Waals surface area (Å²) in [5.74, 6) is -1.57. The number of carboxylic acid groups (broad SMARTS) is 1. The standard InChI is InChI=1S/C32H27Cl2FN4O3.CH4/c1-15-18(30(40)41)8-10-24-28(15)37-29-25-23(11-12-38(24)29)39(14-16-5-6-16)32(26(25)19-3-2-4-21(34)27(19)35)20-9-7-17(33)13-22(20)36-31(32)42;/h2-4,7-10,13,16,23,25-26H,5-6,11-12,14H2,1H3,(H,36,42)(H,40,41);1H4/t23-,25+,26-,32+;/m0./s1. The van der Waals surface area contributed by atoms with Gasteiger partial charge >= 0.3 is 5.97 Å². The number of likely N-dealkylation sites (tertiary alicyclic amines) is 1. The van der Waals surface area contributed by atoms with Gasteiger partial charge in [-0.2, -0.15) is 0 Å². The van der Waals surface area contributed by atoms with Crippen molar-refractivity contribution < 1.29 is 19.1 Å². The molecule has 0 bridgehead atoms. The van der Waals surface area contributed by atoms with E-state index in [1.807, 2.05) is 12.1 Å². The van der Waals surface area contributed by atoms with E-state index in [4.69, 9.17) is 28.2 Å². The summed E-state index contributed by atoms with van der Waals surface area (Å²) >= 11 is 12.8. The Morgan fingerprint density at radius 2 is 1.95 bits per heavy atom. The number of imidazole rings is 1. The Bertz CT molecular complexity index is 1850.